The fraction of sp³-hybridized carbons (Fsp3) is 0.450. The van der Waals surface area contributed by atoms with E-state index < -0.39 is 0 Å². The molecule has 1 aromatic heterocycles. The van der Waals surface area contributed by atoms with Crippen LogP contribution in [0.15, 0.2) is 36.7 Å². The van der Waals surface area contributed by atoms with Crippen molar-refractivity contribution in [3.8, 4) is 0 Å². The normalized spacial score (nSPS) is 11.4. The number of hydrogen-bond acceptors (Lipinski definition) is 4. The van der Waals surface area contributed by atoms with Gasteiger partial charge in [-0.15, -0.1) is 0 Å². The van der Waals surface area contributed by atoms with E-state index in [2.05, 4.69) is 55.2 Å². The zero-order chi connectivity index (χ0) is 18.4. The van der Waals surface area contributed by atoms with E-state index in [-0.39, 0.29) is 11.3 Å². The molecular weight excluding hydrogens is 312 g/mol. The summed E-state index contributed by atoms with van der Waals surface area (Å²) in [5, 5.41) is 6.14. The summed E-state index contributed by atoms with van der Waals surface area (Å²) >= 11 is 0. The largest absolute Gasteiger partial charge is 0.354 e. The second-order valence-electron chi connectivity index (χ2n) is 7.65. The molecule has 0 spiro atoms. The molecule has 0 radical (unpaired) electrons. The van der Waals surface area contributed by atoms with Crippen LogP contribution >= 0.6 is 0 Å². The molecule has 5 heteroatoms. The Kier molecular flexibility index (Phi) is 6.12. The number of para-hydroxylation sites is 1. The van der Waals surface area contributed by atoms with Crippen molar-refractivity contribution in [3.63, 3.8) is 0 Å². The van der Waals surface area contributed by atoms with Gasteiger partial charge in [-0.2, -0.15) is 0 Å². The van der Waals surface area contributed by atoms with E-state index in [9.17, 15) is 4.79 Å². The highest BCUT2D eigenvalue weighted by atomic mass is 16.1. The average Bonchev–Trinajstić information content (AvgIpc) is 2.54. The van der Waals surface area contributed by atoms with Crippen molar-refractivity contribution in [2.75, 3.05) is 17.2 Å². The predicted octanol–water partition coefficient (Wildman–Crippen LogP) is 4.48. The number of anilines is 2. The third-order valence-electron chi connectivity index (χ3n) is 3.90. The summed E-state index contributed by atoms with van der Waals surface area (Å²) in [4.78, 5) is 20.9. The summed E-state index contributed by atoms with van der Waals surface area (Å²) in [6, 6.07) is 7.86. The van der Waals surface area contributed by atoms with Gasteiger partial charge < -0.3 is 10.6 Å². The second kappa shape index (κ2) is 8.10. The molecule has 0 aliphatic rings. The van der Waals surface area contributed by atoms with Gasteiger partial charge in [0.1, 0.15) is 0 Å². The van der Waals surface area contributed by atoms with Gasteiger partial charge in [0, 0.05) is 24.6 Å². The van der Waals surface area contributed by atoms with Crippen LogP contribution in [0.2, 0.25) is 0 Å². The van der Waals surface area contributed by atoms with Crippen molar-refractivity contribution >= 4 is 17.5 Å². The van der Waals surface area contributed by atoms with Crippen LogP contribution in [-0.4, -0.2) is 22.4 Å². The van der Waals surface area contributed by atoms with Gasteiger partial charge in [-0.25, -0.2) is 9.97 Å². The van der Waals surface area contributed by atoms with Crippen molar-refractivity contribution in [3.05, 3.63) is 47.8 Å². The van der Waals surface area contributed by atoms with E-state index >= 15 is 0 Å². The molecule has 0 saturated carbocycles. The van der Waals surface area contributed by atoms with Gasteiger partial charge in [0.2, 0.25) is 5.95 Å². The lowest BCUT2D eigenvalue weighted by molar-refractivity contribution is 0.102. The van der Waals surface area contributed by atoms with Crippen LogP contribution in [0.5, 0.6) is 0 Å². The van der Waals surface area contributed by atoms with Gasteiger partial charge in [-0.05, 0) is 29.4 Å². The third-order valence-corrected chi connectivity index (χ3v) is 3.90. The molecule has 1 aromatic carbocycles. The lowest BCUT2D eigenvalue weighted by Crippen LogP contribution is -2.19. The summed E-state index contributed by atoms with van der Waals surface area (Å²) in [5.74, 6) is 0.971. The van der Waals surface area contributed by atoms with Gasteiger partial charge in [0.25, 0.3) is 5.91 Å². The predicted molar refractivity (Wildman–Crippen MR) is 103 cm³/mol. The summed E-state index contributed by atoms with van der Waals surface area (Å²) in [5.41, 5.74) is 2.30. The Hall–Kier alpha value is -2.43. The minimum Gasteiger partial charge on any atom is -0.354 e. The monoisotopic (exact) mass is 340 g/mol. The lowest BCUT2D eigenvalue weighted by atomic mass is 9.86. The SMILES string of the molecule is CC(C)CCNc1ncc(C(=O)Nc2ccccc2C(C)(C)C)cn1. The molecular formula is C20H28N4O. The molecule has 0 bridgehead atoms. The van der Waals surface area contributed by atoms with Crippen LogP contribution in [0.25, 0.3) is 0 Å². The molecule has 0 unspecified atom stereocenters. The molecule has 0 saturated heterocycles. The lowest BCUT2D eigenvalue weighted by Gasteiger charge is -2.23. The zero-order valence-electron chi connectivity index (χ0n) is 15.8. The van der Waals surface area contributed by atoms with E-state index in [1.807, 2.05) is 24.3 Å². The molecule has 0 aliphatic heterocycles. The van der Waals surface area contributed by atoms with E-state index in [1.54, 1.807) is 12.4 Å². The molecule has 1 amide bonds. The molecule has 2 N–H and O–H groups in total. The Balaban J connectivity index is 2.05. The minimum atomic E-state index is -0.203. The number of aromatic nitrogens is 2. The molecule has 0 fully saturated rings. The fourth-order valence-electron chi connectivity index (χ4n) is 2.45. The van der Waals surface area contributed by atoms with Crippen molar-refractivity contribution in [1.29, 1.82) is 0 Å². The highest BCUT2D eigenvalue weighted by molar-refractivity contribution is 6.04. The molecule has 5 nitrogen and oxygen atoms in total. The summed E-state index contributed by atoms with van der Waals surface area (Å²) < 4.78 is 0. The number of nitrogens with zero attached hydrogens (tertiary/aromatic N) is 2. The standard InChI is InChI=1S/C20H28N4O/c1-14(2)10-11-21-19-22-12-15(13-23-19)18(25)24-17-9-7-6-8-16(17)20(3,4)5/h6-9,12-14H,10-11H2,1-5H3,(H,24,25)(H,21,22,23). The van der Waals surface area contributed by atoms with E-state index in [4.69, 9.17) is 0 Å². The van der Waals surface area contributed by atoms with Crippen molar-refractivity contribution in [2.24, 2.45) is 5.92 Å². The van der Waals surface area contributed by atoms with Gasteiger partial charge >= 0.3 is 0 Å². The van der Waals surface area contributed by atoms with Gasteiger partial charge in [0.05, 0.1) is 5.56 Å². The van der Waals surface area contributed by atoms with Crippen molar-refractivity contribution in [2.45, 2.75) is 46.5 Å². The molecule has 0 aliphatic carbocycles. The zero-order valence-corrected chi connectivity index (χ0v) is 15.8. The average molecular weight is 340 g/mol. The Labute approximate surface area is 150 Å². The van der Waals surface area contributed by atoms with Gasteiger partial charge in [0.15, 0.2) is 0 Å². The van der Waals surface area contributed by atoms with Crippen LogP contribution < -0.4 is 10.6 Å². The highest BCUT2D eigenvalue weighted by Crippen LogP contribution is 2.29. The molecule has 25 heavy (non-hydrogen) atoms. The quantitative estimate of drug-likeness (QED) is 0.813. The van der Waals surface area contributed by atoms with Gasteiger partial charge in [-0.1, -0.05) is 52.8 Å². The maximum absolute atomic E-state index is 12.5. The molecule has 2 aromatic rings. The first-order chi connectivity index (χ1) is 11.8. The number of carbonyl (C=O) groups is 1. The summed E-state index contributed by atoms with van der Waals surface area (Å²) in [7, 11) is 0. The van der Waals surface area contributed by atoms with Gasteiger partial charge in [-0.3, -0.25) is 4.79 Å². The third kappa shape index (κ3) is 5.55. The van der Waals surface area contributed by atoms with E-state index in [0.29, 0.717) is 17.4 Å². The number of rotatable bonds is 6. The summed E-state index contributed by atoms with van der Waals surface area (Å²) in [6.07, 6.45) is 4.16. The van der Waals surface area contributed by atoms with Crippen molar-refractivity contribution < 1.29 is 4.79 Å². The molecule has 1 heterocycles. The topological polar surface area (TPSA) is 66.9 Å². The number of amides is 1. The maximum Gasteiger partial charge on any atom is 0.258 e. The summed E-state index contributed by atoms with van der Waals surface area (Å²) in [6.45, 7) is 11.5. The molecule has 2 rings (SSSR count). The van der Waals surface area contributed by atoms with E-state index in [0.717, 1.165) is 24.2 Å². The van der Waals surface area contributed by atoms with Crippen LogP contribution in [-0.2, 0) is 5.41 Å². The Bertz CT molecular complexity index is 702. The number of benzene rings is 1. The number of hydrogen-bond donors (Lipinski definition) is 2. The number of carbonyl (C=O) groups excluding carboxylic acids is 1. The van der Waals surface area contributed by atoms with E-state index in [1.165, 1.54) is 0 Å². The smallest absolute Gasteiger partial charge is 0.258 e. The molecule has 0 atom stereocenters. The van der Waals surface area contributed by atoms with Crippen LogP contribution in [0.1, 0.15) is 57.0 Å². The fourth-order valence-corrected chi connectivity index (χ4v) is 2.45. The second-order valence-corrected chi connectivity index (χ2v) is 7.65. The van der Waals surface area contributed by atoms with Crippen LogP contribution in [0, 0.1) is 5.92 Å². The first-order valence-electron chi connectivity index (χ1n) is 8.74. The maximum atomic E-state index is 12.5. The Morgan fingerprint density at radius 3 is 2.36 bits per heavy atom. The van der Waals surface area contributed by atoms with Crippen LogP contribution in [0.3, 0.4) is 0 Å². The van der Waals surface area contributed by atoms with Crippen molar-refractivity contribution in [1.82, 2.24) is 9.97 Å². The first kappa shape index (κ1) is 18.9. The first-order valence-corrected chi connectivity index (χ1v) is 8.74. The van der Waals surface area contributed by atoms with Crippen LogP contribution in [0.4, 0.5) is 11.6 Å². The Morgan fingerprint density at radius 2 is 1.76 bits per heavy atom. The Morgan fingerprint density at radius 1 is 1.12 bits per heavy atom. The minimum absolute atomic E-state index is 0.0510. The highest BCUT2D eigenvalue weighted by Gasteiger charge is 2.19. The number of nitrogens with one attached hydrogen (secondary N) is 2. The molecule has 134 valence electrons.